The fourth-order valence-electron chi connectivity index (χ4n) is 3.69. The van der Waals surface area contributed by atoms with Crippen LogP contribution in [0.15, 0.2) is 54.6 Å². The molecule has 1 atom stereocenters. The van der Waals surface area contributed by atoms with Crippen LogP contribution in [0.1, 0.15) is 42.9 Å². The predicted molar refractivity (Wildman–Crippen MR) is 84.5 cm³/mol. The highest BCUT2D eigenvalue weighted by molar-refractivity contribution is 5.40. The van der Waals surface area contributed by atoms with Crippen molar-refractivity contribution in [2.45, 2.75) is 37.2 Å². The molecular formula is C19H22O2. The Morgan fingerprint density at radius 2 is 1.57 bits per heavy atom. The summed E-state index contributed by atoms with van der Waals surface area (Å²) in [6, 6.07) is 18.2. The lowest BCUT2D eigenvalue weighted by atomic mass is 9.72. The summed E-state index contributed by atoms with van der Waals surface area (Å²) in [6.07, 6.45) is 3.85. The molecule has 21 heavy (non-hydrogen) atoms. The van der Waals surface area contributed by atoms with Gasteiger partial charge in [-0.1, -0.05) is 61.4 Å². The van der Waals surface area contributed by atoms with Crippen LogP contribution in [0, 0.1) is 0 Å². The van der Waals surface area contributed by atoms with Crippen LogP contribution in [0.5, 0.6) is 5.75 Å². The Morgan fingerprint density at radius 3 is 2.24 bits per heavy atom. The molecule has 0 bridgehead atoms. The normalized spacial score (nSPS) is 18.4. The molecule has 0 radical (unpaired) electrons. The molecule has 0 aliphatic heterocycles. The monoisotopic (exact) mass is 282 g/mol. The van der Waals surface area contributed by atoms with Gasteiger partial charge in [0.25, 0.3) is 0 Å². The first-order valence-electron chi connectivity index (χ1n) is 7.64. The van der Waals surface area contributed by atoms with E-state index < -0.39 is 6.10 Å². The zero-order chi connectivity index (χ0) is 14.7. The van der Waals surface area contributed by atoms with Crippen molar-refractivity contribution in [3.8, 4) is 5.75 Å². The second-order valence-electron chi connectivity index (χ2n) is 5.87. The highest BCUT2D eigenvalue weighted by Gasteiger charge is 2.43. The molecule has 1 fully saturated rings. The third-order valence-electron chi connectivity index (χ3n) is 4.80. The largest absolute Gasteiger partial charge is 0.496 e. The van der Waals surface area contributed by atoms with E-state index in [0.29, 0.717) is 0 Å². The molecule has 110 valence electrons. The predicted octanol–water partition coefficient (Wildman–Crippen LogP) is 4.24. The Morgan fingerprint density at radius 1 is 0.952 bits per heavy atom. The van der Waals surface area contributed by atoms with Crippen molar-refractivity contribution in [2.24, 2.45) is 0 Å². The van der Waals surface area contributed by atoms with Gasteiger partial charge < -0.3 is 9.84 Å². The number of benzene rings is 2. The number of para-hydroxylation sites is 1. The van der Waals surface area contributed by atoms with E-state index in [9.17, 15) is 5.11 Å². The average Bonchev–Trinajstić information content (AvgIpc) is 3.06. The molecule has 2 aromatic carbocycles. The Labute approximate surface area is 126 Å². The molecule has 1 saturated carbocycles. The molecule has 1 aliphatic rings. The molecular weight excluding hydrogens is 260 g/mol. The fourth-order valence-corrected chi connectivity index (χ4v) is 3.69. The second-order valence-corrected chi connectivity index (χ2v) is 5.87. The maximum atomic E-state index is 11.2. The number of aliphatic hydroxyl groups is 1. The number of methoxy groups -OCH3 is 1. The third kappa shape index (κ3) is 2.44. The zero-order valence-electron chi connectivity index (χ0n) is 12.5. The quantitative estimate of drug-likeness (QED) is 0.909. The summed E-state index contributed by atoms with van der Waals surface area (Å²) in [4.78, 5) is 0. The van der Waals surface area contributed by atoms with Crippen LogP contribution in [0.2, 0.25) is 0 Å². The summed E-state index contributed by atoms with van der Waals surface area (Å²) >= 11 is 0. The van der Waals surface area contributed by atoms with Crippen molar-refractivity contribution < 1.29 is 9.84 Å². The van der Waals surface area contributed by atoms with Crippen molar-refractivity contribution in [3.05, 3.63) is 65.7 Å². The lowest BCUT2D eigenvalue weighted by molar-refractivity contribution is 0.0797. The first kappa shape index (κ1) is 14.2. The van der Waals surface area contributed by atoms with Crippen LogP contribution in [-0.2, 0) is 5.41 Å². The Kier molecular flexibility index (Phi) is 3.98. The first-order chi connectivity index (χ1) is 10.3. The van der Waals surface area contributed by atoms with Crippen molar-refractivity contribution >= 4 is 0 Å². The molecule has 1 unspecified atom stereocenters. The van der Waals surface area contributed by atoms with Crippen LogP contribution in [0.25, 0.3) is 0 Å². The van der Waals surface area contributed by atoms with Gasteiger partial charge >= 0.3 is 0 Å². The molecule has 0 spiro atoms. The first-order valence-corrected chi connectivity index (χ1v) is 7.64. The second kappa shape index (κ2) is 5.90. The maximum Gasteiger partial charge on any atom is 0.124 e. The molecule has 2 nitrogen and oxygen atoms in total. The standard InChI is InChI=1S/C19H22O2/c1-21-17-12-6-5-11-16(17)18(20)19(13-7-8-14-19)15-9-3-2-4-10-15/h2-6,9-12,18,20H,7-8,13-14H2,1H3. The van der Waals surface area contributed by atoms with E-state index >= 15 is 0 Å². The molecule has 2 aromatic rings. The van der Waals surface area contributed by atoms with E-state index in [0.717, 1.165) is 24.2 Å². The van der Waals surface area contributed by atoms with Crippen LogP contribution in [0.3, 0.4) is 0 Å². The zero-order valence-corrected chi connectivity index (χ0v) is 12.5. The average molecular weight is 282 g/mol. The minimum atomic E-state index is -0.529. The smallest absolute Gasteiger partial charge is 0.124 e. The number of ether oxygens (including phenoxy) is 1. The number of rotatable bonds is 4. The van der Waals surface area contributed by atoms with Crippen molar-refractivity contribution in [3.63, 3.8) is 0 Å². The van der Waals surface area contributed by atoms with E-state index in [1.807, 2.05) is 30.3 Å². The van der Waals surface area contributed by atoms with E-state index in [4.69, 9.17) is 4.74 Å². The SMILES string of the molecule is COc1ccccc1C(O)C1(c2ccccc2)CCCC1. The molecule has 1 aliphatic carbocycles. The summed E-state index contributed by atoms with van der Waals surface area (Å²) in [5.41, 5.74) is 1.95. The summed E-state index contributed by atoms with van der Waals surface area (Å²) in [5.74, 6) is 0.771. The number of hydrogen-bond acceptors (Lipinski definition) is 2. The molecule has 3 rings (SSSR count). The van der Waals surface area contributed by atoms with Crippen molar-refractivity contribution in [1.29, 1.82) is 0 Å². The van der Waals surface area contributed by atoms with E-state index in [-0.39, 0.29) is 5.41 Å². The van der Waals surface area contributed by atoms with Crippen LogP contribution < -0.4 is 4.74 Å². The van der Waals surface area contributed by atoms with Crippen molar-refractivity contribution in [1.82, 2.24) is 0 Å². The summed E-state index contributed by atoms with van der Waals surface area (Å²) in [7, 11) is 1.66. The third-order valence-corrected chi connectivity index (χ3v) is 4.80. The van der Waals surface area contributed by atoms with Crippen LogP contribution in [0.4, 0.5) is 0 Å². The van der Waals surface area contributed by atoms with Crippen LogP contribution in [-0.4, -0.2) is 12.2 Å². The van der Waals surface area contributed by atoms with Gasteiger partial charge in [0.05, 0.1) is 13.2 Å². The molecule has 0 amide bonds. The summed E-state index contributed by atoms with van der Waals surface area (Å²) in [6.45, 7) is 0. The van der Waals surface area contributed by atoms with E-state index in [1.54, 1.807) is 7.11 Å². The van der Waals surface area contributed by atoms with Gasteiger partial charge in [0.1, 0.15) is 5.75 Å². The maximum absolute atomic E-state index is 11.2. The molecule has 0 saturated heterocycles. The van der Waals surface area contributed by atoms with Gasteiger partial charge in [0, 0.05) is 11.0 Å². The number of aliphatic hydroxyl groups excluding tert-OH is 1. The minimum Gasteiger partial charge on any atom is -0.496 e. The van der Waals surface area contributed by atoms with Gasteiger partial charge in [0.2, 0.25) is 0 Å². The molecule has 0 aromatic heterocycles. The summed E-state index contributed by atoms with van der Waals surface area (Å²) < 4.78 is 5.45. The fraction of sp³-hybridized carbons (Fsp3) is 0.368. The number of hydrogen-bond donors (Lipinski definition) is 1. The highest BCUT2D eigenvalue weighted by atomic mass is 16.5. The Bertz CT molecular complexity index is 586. The van der Waals surface area contributed by atoms with Gasteiger partial charge in [-0.2, -0.15) is 0 Å². The van der Waals surface area contributed by atoms with Gasteiger partial charge in [-0.05, 0) is 24.5 Å². The molecule has 2 heteroatoms. The molecule has 1 N–H and O–H groups in total. The topological polar surface area (TPSA) is 29.5 Å². The molecule has 0 heterocycles. The Balaban J connectivity index is 2.06. The highest BCUT2D eigenvalue weighted by Crippen LogP contribution is 2.50. The van der Waals surface area contributed by atoms with E-state index in [2.05, 4.69) is 24.3 Å². The lowest BCUT2D eigenvalue weighted by Crippen LogP contribution is -2.31. The Hall–Kier alpha value is -1.80. The van der Waals surface area contributed by atoms with Gasteiger partial charge in [-0.25, -0.2) is 0 Å². The van der Waals surface area contributed by atoms with Gasteiger partial charge in [0.15, 0.2) is 0 Å². The minimum absolute atomic E-state index is 0.185. The van der Waals surface area contributed by atoms with Crippen molar-refractivity contribution in [2.75, 3.05) is 7.11 Å². The van der Waals surface area contributed by atoms with Crippen LogP contribution >= 0.6 is 0 Å². The summed E-state index contributed by atoms with van der Waals surface area (Å²) in [5, 5.41) is 11.2. The van der Waals surface area contributed by atoms with Gasteiger partial charge in [-0.15, -0.1) is 0 Å². The lowest BCUT2D eigenvalue weighted by Gasteiger charge is -2.35. The van der Waals surface area contributed by atoms with Gasteiger partial charge in [-0.3, -0.25) is 0 Å². The van der Waals surface area contributed by atoms with E-state index in [1.165, 1.54) is 18.4 Å².